The molecule has 0 aromatic heterocycles. The third-order valence-electron chi connectivity index (χ3n) is 3.55. The second-order valence-corrected chi connectivity index (χ2v) is 8.59. The van der Waals surface area contributed by atoms with E-state index in [2.05, 4.69) is 10.6 Å². The summed E-state index contributed by atoms with van der Waals surface area (Å²) in [6, 6.07) is 13.3. The third-order valence-corrected chi connectivity index (χ3v) is 4.41. The predicted molar refractivity (Wildman–Crippen MR) is 103 cm³/mol. The van der Waals surface area contributed by atoms with E-state index in [1.165, 1.54) is 0 Å². The van der Waals surface area contributed by atoms with E-state index in [0.717, 1.165) is 6.26 Å². The van der Waals surface area contributed by atoms with Gasteiger partial charge in [-0.15, -0.1) is 0 Å². The third kappa shape index (κ3) is 6.00. The number of nitrogens with one attached hydrogen (secondary N) is 2. The number of rotatable bonds is 6. The number of hydrogen-bond acceptors (Lipinski definition) is 4. The Hall–Kier alpha value is -2.67. The molecule has 0 aliphatic carbocycles. The normalized spacial score (nSPS) is 11.2. The van der Waals surface area contributed by atoms with E-state index < -0.39 is 9.84 Å². The van der Waals surface area contributed by atoms with Gasteiger partial charge in [0.1, 0.15) is 0 Å². The summed E-state index contributed by atoms with van der Waals surface area (Å²) >= 11 is 0. The van der Waals surface area contributed by atoms with Crippen molar-refractivity contribution in [3.63, 3.8) is 0 Å². The molecule has 7 heteroatoms. The van der Waals surface area contributed by atoms with Gasteiger partial charge in [-0.25, -0.2) is 8.42 Å². The van der Waals surface area contributed by atoms with Crippen molar-refractivity contribution < 1.29 is 18.0 Å². The van der Waals surface area contributed by atoms with Gasteiger partial charge in [0, 0.05) is 29.1 Å². The van der Waals surface area contributed by atoms with Crippen molar-refractivity contribution >= 4 is 33.0 Å². The molecule has 2 aromatic rings. The molecule has 0 heterocycles. The molecule has 0 saturated carbocycles. The summed E-state index contributed by atoms with van der Waals surface area (Å²) in [6.45, 7) is 3.61. The zero-order valence-corrected chi connectivity index (χ0v) is 15.8. The molecule has 0 radical (unpaired) electrons. The van der Waals surface area contributed by atoms with Gasteiger partial charge in [0.2, 0.25) is 5.91 Å². The summed E-state index contributed by atoms with van der Waals surface area (Å²) < 4.78 is 22.8. The van der Waals surface area contributed by atoms with Crippen molar-refractivity contribution in [1.29, 1.82) is 0 Å². The van der Waals surface area contributed by atoms with Gasteiger partial charge in [-0.1, -0.05) is 26.0 Å². The van der Waals surface area contributed by atoms with Crippen molar-refractivity contribution in [2.24, 2.45) is 5.92 Å². The highest BCUT2D eigenvalue weighted by Crippen LogP contribution is 2.16. The molecule has 2 rings (SSSR count). The van der Waals surface area contributed by atoms with Crippen molar-refractivity contribution in [2.45, 2.75) is 19.6 Å². The zero-order chi connectivity index (χ0) is 19.3. The Labute approximate surface area is 153 Å². The summed E-state index contributed by atoms with van der Waals surface area (Å²) in [5.74, 6) is -0.643. The Kier molecular flexibility index (Phi) is 6.15. The molecule has 0 aliphatic rings. The largest absolute Gasteiger partial charge is 0.326 e. The van der Waals surface area contributed by atoms with Crippen LogP contribution in [0.2, 0.25) is 0 Å². The molecule has 0 atom stereocenters. The molecule has 6 nitrogen and oxygen atoms in total. The highest BCUT2D eigenvalue weighted by Gasteiger charge is 2.10. The predicted octanol–water partition coefficient (Wildman–Crippen LogP) is 3.08. The van der Waals surface area contributed by atoms with Gasteiger partial charge >= 0.3 is 0 Å². The molecule has 26 heavy (non-hydrogen) atoms. The molecule has 0 aliphatic heterocycles. The molecule has 2 N–H and O–H groups in total. The monoisotopic (exact) mass is 374 g/mol. The van der Waals surface area contributed by atoms with Crippen LogP contribution in [-0.4, -0.2) is 26.5 Å². The molecule has 0 bridgehead atoms. The Morgan fingerprint density at radius 1 is 0.962 bits per heavy atom. The first-order valence-corrected chi connectivity index (χ1v) is 10.2. The lowest BCUT2D eigenvalue weighted by atomic mass is 10.1. The molecule has 2 amide bonds. The maximum Gasteiger partial charge on any atom is 0.255 e. The summed E-state index contributed by atoms with van der Waals surface area (Å²) in [5.41, 5.74) is 2.16. The van der Waals surface area contributed by atoms with Crippen molar-refractivity contribution in [2.75, 3.05) is 16.9 Å². The first kappa shape index (κ1) is 19.7. The second-order valence-electron chi connectivity index (χ2n) is 6.45. The van der Waals surface area contributed by atoms with Crippen LogP contribution in [0.15, 0.2) is 48.5 Å². The highest BCUT2D eigenvalue weighted by molar-refractivity contribution is 7.89. The lowest BCUT2D eigenvalue weighted by Gasteiger charge is -2.10. The maximum absolute atomic E-state index is 12.4. The molecule has 2 aromatic carbocycles. The van der Waals surface area contributed by atoms with Gasteiger partial charge in [-0.3, -0.25) is 9.59 Å². The molecular weight excluding hydrogens is 352 g/mol. The summed E-state index contributed by atoms with van der Waals surface area (Å²) in [5, 5.41) is 5.52. The van der Waals surface area contributed by atoms with E-state index in [4.69, 9.17) is 0 Å². The SMILES string of the molecule is CC(C)C(=O)Nc1ccc(NC(=O)c2cccc(CS(C)(=O)=O)c2)cc1. The Balaban J connectivity index is 2.06. The summed E-state index contributed by atoms with van der Waals surface area (Å²) in [4.78, 5) is 24.0. The van der Waals surface area contributed by atoms with E-state index in [0.29, 0.717) is 22.5 Å². The van der Waals surface area contributed by atoms with Crippen molar-refractivity contribution in [3.8, 4) is 0 Å². The minimum atomic E-state index is -3.17. The second kappa shape index (κ2) is 8.14. The van der Waals surface area contributed by atoms with Crippen LogP contribution in [0, 0.1) is 5.92 Å². The van der Waals surface area contributed by atoms with Crippen LogP contribution < -0.4 is 10.6 Å². The molecule has 0 saturated heterocycles. The number of amides is 2. The van der Waals surface area contributed by atoms with Crippen LogP contribution in [0.4, 0.5) is 11.4 Å². The standard InChI is InChI=1S/C19H22N2O4S/c1-13(2)18(22)20-16-7-9-17(10-8-16)21-19(23)15-6-4-5-14(11-15)12-26(3,24)25/h4-11,13H,12H2,1-3H3,(H,20,22)(H,21,23). The topological polar surface area (TPSA) is 92.3 Å². The van der Waals surface area contributed by atoms with Crippen LogP contribution in [-0.2, 0) is 20.4 Å². The van der Waals surface area contributed by atoms with Crippen LogP contribution in [0.25, 0.3) is 0 Å². The van der Waals surface area contributed by atoms with Gasteiger partial charge < -0.3 is 10.6 Å². The fourth-order valence-corrected chi connectivity index (χ4v) is 3.02. The van der Waals surface area contributed by atoms with Gasteiger partial charge in [0.05, 0.1) is 5.75 Å². The first-order chi connectivity index (χ1) is 12.1. The first-order valence-electron chi connectivity index (χ1n) is 8.13. The highest BCUT2D eigenvalue weighted by atomic mass is 32.2. The lowest BCUT2D eigenvalue weighted by Crippen LogP contribution is -2.17. The number of hydrogen-bond donors (Lipinski definition) is 2. The number of carbonyl (C=O) groups is 2. The molecule has 0 spiro atoms. The van der Waals surface area contributed by atoms with E-state index in [9.17, 15) is 18.0 Å². The smallest absolute Gasteiger partial charge is 0.255 e. The zero-order valence-electron chi connectivity index (χ0n) is 14.9. The summed E-state index contributed by atoms with van der Waals surface area (Å²) in [7, 11) is -3.17. The minimum absolute atomic E-state index is 0.0792. The number of carbonyl (C=O) groups excluding carboxylic acids is 2. The van der Waals surface area contributed by atoms with Crippen LogP contribution >= 0.6 is 0 Å². The number of benzene rings is 2. The molecular formula is C19H22N2O4S. The Morgan fingerprint density at radius 2 is 1.54 bits per heavy atom. The van der Waals surface area contributed by atoms with E-state index in [-0.39, 0.29) is 23.5 Å². The van der Waals surface area contributed by atoms with Crippen molar-refractivity contribution in [1.82, 2.24) is 0 Å². The fourth-order valence-electron chi connectivity index (χ4n) is 2.23. The molecule has 0 fully saturated rings. The molecule has 0 unspecified atom stereocenters. The minimum Gasteiger partial charge on any atom is -0.326 e. The Bertz CT molecular complexity index is 903. The van der Waals surface area contributed by atoms with E-state index in [1.54, 1.807) is 48.5 Å². The van der Waals surface area contributed by atoms with Gasteiger partial charge in [0.15, 0.2) is 9.84 Å². The van der Waals surface area contributed by atoms with E-state index >= 15 is 0 Å². The van der Waals surface area contributed by atoms with Crippen LogP contribution in [0.1, 0.15) is 29.8 Å². The number of sulfone groups is 1. The van der Waals surface area contributed by atoms with E-state index in [1.807, 2.05) is 13.8 Å². The van der Waals surface area contributed by atoms with Gasteiger partial charge in [-0.05, 0) is 42.0 Å². The van der Waals surface area contributed by atoms with Gasteiger partial charge in [0.25, 0.3) is 5.91 Å². The molecule has 138 valence electrons. The maximum atomic E-state index is 12.4. The lowest BCUT2D eigenvalue weighted by molar-refractivity contribution is -0.118. The Morgan fingerprint density at radius 3 is 2.08 bits per heavy atom. The van der Waals surface area contributed by atoms with Gasteiger partial charge in [-0.2, -0.15) is 0 Å². The fraction of sp³-hybridized carbons (Fsp3) is 0.263. The summed E-state index contributed by atoms with van der Waals surface area (Å²) in [6.07, 6.45) is 1.15. The average molecular weight is 374 g/mol. The van der Waals surface area contributed by atoms with Crippen LogP contribution in [0.3, 0.4) is 0 Å². The quantitative estimate of drug-likeness (QED) is 0.813. The van der Waals surface area contributed by atoms with Crippen molar-refractivity contribution in [3.05, 3.63) is 59.7 Å². The average Bonchev–Trinajstić information content (AvgIpc) is 2.55. The van der Waals surface area contributed by atoms with Crippen LogP contribution in [0.5, 0.6) is 0 Å². The number of anilines is 2.